The van der Waals surface area contributed by atoms with Gasteiger partial charge in [0.1, 0.15) is 36.6 Å². The third kappa shape index (κ3) is 22.2. The Morgan fingerprint density at radius 3 is 1.45 bits per heavy atom. The van der Waals surface area contributed by atoms with E-state index in [0.29, 0.717) is 19.3 Å². The second kappa shape index (κ2) is 31.5. The normalized spacial score (nSPS) is 23.2. The number of carbonyl (C=O) groups is 1. The number of aliphatic hydroxyl groups excluding tert-OH is 7. The van der Waals surface area contributed by atoms with E-state index >= 15 is 0 Å². The third-order valence-corrected chi connectivity index (χ3v) is 10.4. The molecule has 1 aliphatic heterocycles. The van der Waals surface area contributed by atoms with Crippen LogP contribution in [0.15, 0.2) is 0 Å². The highest BCUT2D eigenvalue weighted by Crippen LogP contribution is 2.23. The van der Waals surface area contributed by atoms with E-state index in [1.807, 2.05) is 0 Å². The van der Waals surface area contributed by atoms with Crippen molar-refractivity contribution in [2.75, 3.05) is 13.2 Å². The summed E-state index contributed by atoms with van der Waals surface area (Å²) in [7, 11) is 0. The van der Waals surface area contributed by atoms with E-state index in [1.165, 1.54) is 103 Å². The Morgan fingerprint density at radius 1 is 0.608 bits per heavy atom. The van der Waals surface area contributed by atoms with E-state index in [-0.39, 0.29) is 6.42 Å². The van der Waals surface area contributed by atoms with Crippen molar-refractivity contribution in [2.24, 2.45) is 0 Å². The highest BCUT2D eigenvalue weighted by molar-refractivity contribution is 5.80. The van der Waals surface area contributed by atoms with E-state index in [1.54, 1.807) is 0 Å². The maximum absolute atomic E-state index is 13.0. The van der Waals surface area contributed by atoms with Crippen LogP contribution in [0.3, 0.4) is 0 Å². The zero-order valence-corrected chi connectivity index (χ0v) is 32.4. The van der Waals surface area contributed by atoms with Gasteiger partial charge in [-0.05, 0) is 12.8 Å². The van der Waals surface area contributed by atoms with Gasteiger partial charge in [0.25, 0.3) is 0 Å². The molecule has 0 saturated carbocycles. The lowest BCUT2D eigenvalue weighted by molar-refractivity contribution is -0.303. The second-order valence-electron chi connectivity index (χ2n) is 15.1. The SMILES string of the molecule is CCCCCCCCCCCCCCCCCC(O)C(O)C(COC1OC(CO)C(O)C(O)C1O)NC(=O)C(O)CCCCCCCCCCC. The largest absolute Gasteiger partial charge is 0.394 e. The first-order valence-electron chi connectivity index (χ1n) is 20.9. The number of rotatable bonds is 34. The molecule has 51 heavy (non-hydrogen) atoms. The Labute approximate surface area is 309 Å². The molecule has 11 nitrogen and oxygen atoms in total. The number of ether oxygens (including phenoxy) is 2. The topological polar surface area (TPSA) is 189 Å². The average Bonchev–Trinajstić information content (AvgIpc) is 3.13. The van der Waals surface area contributed by atoms with Gasteiger partial charge in [-0.3, -0.25) is 4.79 Å². The minimum Gasteiger partial charge on any atom is -0.394 e. The van der Waals surface area contributed by atoms with Crippen molar-refractivity contribution in [3.05, 3.63) is 0 Å². The molecule has 1 amide bonds. The summed E-state index contributed by atoms with van der Waals surface area (Å²) in [5, 5.41) is 75.3. The molecule has 0 aromatic carbocycles. The predicted molar refractivity (Wildman–Crippen MR) is 201 cm³/mol. The number of nitrogens with one attached hydrogen (secondary N) is 1. The predicted octanol–water partition coefficient (Wildman–Crippen LogP) is 5.55. The van der Waals surface area contributed by atoms with Gasteiger partial charge in [0.2, 0.25) is 5.91 Å². The Bertz CT molecular complexity index is 805. The molecule has 1 rings (SSSR count). The van der Waals surface area contributed by atoms with E-state index in [2.05, 4.69) is 19.2 Å². The van der Waals surface area contributed by atoms with E-state index < -0.39 is 74.2 Å². The molecule has 8 N–H and O–H groups in total. The highest BCUT2D eigenvalue weighted by Gasteiger charge is 2.44. The zero-order valence-electron chi connectivity index (χ0n) is 32.4. The molecule has 0 bridgehead atoms. The van der Waals surface area contributed by atoms with Crippen molar-refractivity contribution in [2.45, 2.75) is 236 Å². The molecule has 11 heteroatoms. The van der Waals surface area contributed by atoms with Crippen LogP contribution in [0.1, 0.15) is 181 Å². The molecule has 0 radical (unpaired) electrons. The van der Waals surface area contributed by atoms with E-state index in [4.69, 9.17) is 9.47 Å². The molecule has 0 aliphatic carbocycles. The molecule has 9 unspecified atom stereocenters. The smallest absolute Gasteiger partial charge is 0.249 e. The number of aliphatic hydroxyl groups is 7. The van der Waals surface area contributed by atoms with Crippen molar-refractivity contribution in [3.8, 4) is 0 Å². The highest BCUT2D eigenvalue weighted by atomic mass is 16.7. The number of unbranched alkanes of at least 4 members (excludes halogenated alkanes) is 22. The molecular formula is C40H79NO10. The summed E-state index contributed by atoms with van der Waals surface area (Å²) >= 11 is 0. The van der Waals surface area contributed by atoms with Gasteiger partial charge in [-0.1, -0.05) is 168 Å². The minimum atomic E-state index is -1.65. The summed E-state index contributed by atoms with van der Waals surface area (Å²) in [5.41, 5.74) is 0. The van der Waals surface area contributed by atoms with Gasteiger partial charge in [0, 0.05) is 0 Å². The molecule has 0 aromatic rings. The molecule has 0 spiro atoms. The van der Waals surface area contributed by atoms with Gasteiger partial charge in [-0.25, -0.2) is 0 Å². The van der Waals surface area contributed by atoms with Crippen LogP contribution in [0.4, 0.5) is 0 Å². The fourth-order valence-corrected chi connectivity index (χ4v) is 6.85. The van der Waals surface area contributed by atoms with Crippen molar-refractivity contribution in [1.82, 2.24) is 5.32 Å². The van der Waals surface area contributed by atoms with Crippen molar-refractivity contribution in [3.63, 3.8) is 0 Å². The summed E-state index contributed by atoms with van der Waals surface area (Å²) in [6.45, 7) is 3.39. The zero-order chi connectivity index (χ0) is 37.7. The maximum atomic E-state index is 13.0. The summed E-state index contributed by atoms with van der Waals surface area (Å²) in [6.07, 6.45) is 17.4. The van der Waals surface area contributed by atoms with E-state index in [0.717, 1.165) is 38.5 Å². The van der Waals surface area contributed by atoms with Gasteiger partial charge in [0.15, 0.2) is 6.29 Å². The fraction of sp³-hybridized carbons (Fsp3) is 0.975. The molecular weight excluding hydrogens is 654 g/mol. The first-order chi connectivity index (χ1) is 24.7. The van der Waals surface area contributed by atoms with Crippen LogP contribution in [-0.2, 0) is 14.3 Å². The Balaban J connectivity index is 2.50. The van der Waals surface area contributed by atoms with Crippen LogP contribution in [-0.4, -0.2) is 110 Å². The molecule has 304 valence electrons. The lowest BCUT2D eigenvalue weighted by Crippen LogP contribution is -2.60. The summed E-state index contributed by atoms with van der Waals surface area (Å²) in [5.74, 6) is -0.699. The lowest BCUT2D eigenvalue weighted by atomic mass is 9.98. The molecule has 9 atom stereocenters. The number of amides is 1. The van der Waals surface area contributed by atoms with Gasteiger partial charge < -0.3 is 50.5 Å². The second-order valence-corrected chi connectivity index (χ2v) is 15.1. The third-order valence-electron chi connectivity index (χ3n) is 10.4. The lowest BCUT2D eigenvalue weighted by Gasteiger charge is -2.40. The minimum absolute atomic E-state index is 0.264. The summed E-state index contributed by atoms with van der Waals surface area (Å²) in [4.78, 5) is 13.0. The Morgan fingerprint density at radius 2 is 1.02 bits per heavy atom. The summed E-state index contributed by atoms with van der Waals surface area (Å²) < 4.78 is 11.0. The Hall–Kier alpha value is -0.890. The van der Waals surface area contributed by atoms with Crippen LogP contribution in [0.2, 0.25) is 0 Å². The van der Waals surface area contributed by atoms with Gasteiger partial charge in [-0.2, -0.15) is 0 Å². The summed E-state index contributed by atoms with van der Waals surface area (Å²) in [6, 6.07) is -1.16. The van der Waals surface area contributed by atoms with Crippen LogP contribution in [0.5, 0.6) is 0 Å². The fourth-order valence-electron chi connectivity index (χ4n) is 6.85. The monoisotopic (exact) mass is 734 g/mol. The quantitative estimate of drug-likeness (QED) is 0.0390. The van der Waals surface area contributed by atoms with Gasteiger partial charge in [-0.15, -0.1) is 0 Å². The van der Waals surface area contributed by atoms with Crippen molar-refractivity contribution in [1.29, 1.82) is 0 Å². The van der Waals surface area contributed by atoms with Crippen LogP contribution in [0.25, 0.3) is 0 Å². The first-order valence-corrected chi connectivity index (χ1v) is 20.9. The van der Waals surface area contributed by atoms with Gasteiger partial charge in [0.05, 0.1) is 25.4 Å². The first kappa shape index (κ1) is 48.1. The van der Waals surface area contributed by atoms with Crippen molar-refractivity contribution < 1.29 is 50.0 Å². The van der Waals surface area contributed by atoms with Crippen LogP contribution in [0, 0.1) is 0 Å². The Kier molecular flexibility index (Phi) is 29.7. The van der Waals surface area contributed by atoms with Crippen LogP contribution < -0.4 is 5.32 Å². The van der Waals surface area contributed by atoms with Crippen LogP contribution >= 0.6 is 0 Å². The standard InChI is InChI=1S/C40H79NO10/c1-3-5-7-9-11-13-14-15-16-17-18-20-21-23-25-27-32(43)35(45)31(30-50-40-38(48)37(47)36(46)34(29-42)51-40)41-39(49)33(44)28-26-24-22-19-12-10-8-6-4-2/h31-38,40,42-48H,3-30H2,1-2H3,(H,41,49). The van der Waals surface area contributed by atoms with E-state index in [9.17, 15) is 40.5 Å². The average molecular weight is 734 g/mol. The number of hydrogen-bond donors (Lipinski definition) is 8. The number of carbonyl (C=O) groups excluding carboxylic acids is 1. The molecule has 1 saturated heterocycles. The maximum Gasteiger partial charge on any atom is 0.249 e. The molecule has 0 aromatic heterocycles. The molecule has 1 fully saturated rings. The molecule has 1 heterocycles. The van der Waals surface area contributed by atoms with Crippen molar-refractivity contribution >= 4 is 5.91 Å². The number of hydrogen-bond acceptors (Lipinski definition) is 10. The molecule has 1 aliphatic rings. The van der Waals surface area contributed by atoms with Gasteiger partial charge >= 0.3 is 0 Å².